The van der Waals surface area contributed by atoms with Crippen molar-refractivity contribution in [2.75, 3.05) is 5.73 Å². The van der Waals surface area contributed by atoms with Crippen LogP contribution in [0, 0.1) is 0 Å². The lowest BCUT2D eigenvalue weighted by atomic mass is 10.1. The van der Waals surface area contributed by atoms with Gasteiger partial charge in [-0.2, -0.15) is 0 Å². The Morgan fingerprint density at radius 2 is 1.94 bits per heavy atom. The van der Waals surface area contributed by atoms with Crippen molar-refractivity contribution in [1.82, 2.24) is 15.1 Å². The molecule has 12 heteroatoms. The maximum atomic E-state index is 10.9. The molecule has 4 N–H and O–H groups in total. The monoisotopic (exact) mass is 470 g/mol. The first-order valence-electron chi connectivity index (χ1n) is 9.78. The van der Waals surface area contributed by atoms with Gasteiger partial charge in [-0.25, -0.2) is 18.6 Å². The normalized spacial score (nSPS) is 11.5. The fraction of sp³-hybridized carbons (Fsp3) is 0.143. The van der Waals surface area contributed by atoms with E-state index in [4.69, 9.17) is 24.8 Å². The van der Waals surface area contributed by atoms with Crippen LogP contribution in [-0.4, -0.2) is 24.9 Å². The van der Waals surface area contributed by atoms with E-state index in [1.165, 1.54) is 10.8 Å². The van der Waals surface area contributed by atoms with E-state index >= 15 is 0 Å². The molecule has 0 amide bonds. The van der Waals surface area contributed by atoms with Crippen molar-refractivity contribution < 1.29 is 32.7 Å². The van der Waals surface area contributed by atoms with E-state index in [9.17, 15) is 4.57 Å². The standard InChI is InChI=1S/C21H20N5O6P/c22-21-18(2-1-9-26(21)14-31-33(27,28)29)19-11-17(25-32-19)10-16-3-4-20(24-12-16)30-13-15-5-7-23-8-6-15/h1-9,11-12,22H,10,13-14H2,(H2,27,28,29)/p+1. The Labute approximate surface area is 188 Å². The Balaban J connectivity index is 1.40. The molecule has 4 aromatic heterocycles. The molecule has 4 heterocycles. The minimum Gasteiger partial charge on any atom is -0.473 e. The molecular formula is C21H21N5O6P+. The van der Waals surface area contributed by atoms with Gasteiger partial charge >= 0.3 is 7.82 Å². The van der Waals surface area contributed by atoms with Crippen molar-refractivity contribution >= 4 is 13.6 Å². The highest BCUT2D eigenvalue weighted by molar-refractivity contribution is 7.46. The molecular weight excluding hydrogens is 449 g/mol. The highest BCUT2D eigenvalue weighted by Crippen LogP contribution is 2.35. The molecule has 0 aliphatic rings. The van der Waals surface area contributed by atoms with Gasteiger partial charge in [0.1, 0.15) is 12.2 Å². The zero-order valence-corrected chi connectivity index (χ0v) is 18.2. The molecule has 0 aliphatic carbocycles. The number of nitrogens with zero attached hydrogens (tertiary/aromatic N) is 4. The summed E-state index contributed by atoms with van der Waals surface area (Å²) in [7, 11) is -4.63. The van der Waals surface area contributed by atoms with E-state index in [0.29, 0.717) is 35.9 Å². The summed E-state index contributed by atoms with van der Waals surface area (Å²) in [5.41, 5.74) is 9.21. The summed E-state index contributed by atoms with van der Waals surface area (Å²) in [6.45, 7) is -0.00853. The number of ether oxygens (including phenoxy) is 1. The third-order valence-corrected chi connectivity index (χ3v) is 5.07. The van der Waals surface area contributed by atoms with Crippen molar-refractivity contribution in [1.29, 1.82) is 0 Å². The third kappa shape index (κ3) is 6.21. The number of hydrogen-bond acceptors (Lipinski definition) is 8. The maximum absolute atomic E-state index is 10.9. The number of nitrogens with two attached hydrogens (primary N) is 1. The molecule has 4 aromatic rings. The highest BCUT2D eigenvalue weighted by atomic mass is 31.2. The first-order valence-corrected chi connectivity index (χ1v) is 11.3. The topological polar surface area (TPSA) is 158 Å². The summed E-state index contributed by atoms with van der Waals surface area (Å²) in [5.74, 6) is 1.14. The number of anilines is 1. The maximum Gasteiger partial charge on any atom is 0.472 e. The van der Waals surface area contributed by atoms with Gasteiger partial charge in [-0.05, 0) is 35.4 Å². The van der Waals surface area contributed by atoms with Crippen LogP contribution in [0.3, 0.4) is 0 Å². The zero-order chi connectivity index (χ0) is 23.3. The van der Waals surface area contributed by atoms with Gasteiger partial charge < -0.3 is 19.0 Å². The lowest BCUT2D eigenvalue weighted by molar-refractivity contribution is -0.711. The molecule has 170 valence electrons. The van der Waals surface area contributed by atoms with Crippen LogP contribution in [0.4, 0.5) is 5.82 Å². The van der Waals surface area contributed by atoms with Crippen LogP contribution in [0.5, 0.6) is 5.88 Å². The molecule has 0 unspecified atom stereocenters. The lowest BCUT2D eigenvalue weighted by Gasteiger charge is -2.07. The van der Waals surface area contributed by atoms with Crippen molar-refractivity contribution in [2.24, 2.45) is 0 Å². The summed E-state index contributed by atoms with van der Waals surface area (Å²) < 4.78 is 27.9. The van der Waals surface area contributed by atoms with Crippen LogP contribution < -0.4 is 15.0 Å². The Bertz CT molecular complexity index is 1260. The van der Waals surface area contributed by atoms with Crippen LogP contribution in [0.15, 0.2) is 71.8 Å². The van der Waals surface area contributed by atoms with Crippen LogP contribution in [0.2, 0.25) is 0 Å². The summed E-state index contributed by atoms with van der Waals surface area (Å²) >= 11 is 0. The van der Waals surface area contributed by atoms with Crippen LogP contribution in [0.1, 0.15) is 16.8 Å². The number of aromatic nitrogens is 4. The molecule has 33 heavy (non-hydrogen) atoms. The summed E-state index contributed by atoms with van der Waals surface area (Å²) in [5, 5.41) is 4.08. The number of phosphoric acid groups is 1. The van der Waals surface area contributed by atoms with Gasteiger partial charge in [0.15, 0.2) is 5.76 Å². The fourth-order valence-electron chi connectivity index (χ4n) is 2.99. The molecule has 4 rings (SSSR count). The number of nitrogen functional groups attached to an aromatic ring is 1. The van der Waals surface area contributed by atoms with Crippen molar-refractivity contribution in [3.8, 4) is 17.2 Å². The minimum absolute atomic E-state index is 0.214. The van der Waals surface area contributed by atoms with E-state index in [-0.39, 0.29) is 5.82 Å². The number of rotatable bonds is 9. The number of hydrogen-bond donors (Lipinski definition) is 3. The van der Waals surface area contributed by atoms with E-state index in [1.54, 1.807) is 42.9 Å². The third-order valence-electron chi connectivity index (χ3n) is 4.62. The predicted octanol–water partition coefficient (Wildman–Crippen LogP) is 2.24. The molecule has 11 nitrogen and oxygen atoms in total. The second-order valence-corrected chi connectivity index (χ2v) is 8.27. The fourth-order valence-corrected chi connectivity index (χ4v) is 3.27. The molecule has 0 aliphatic heterocycles. The predicted molar refractivity (Wildman–Crippen MR) is 115 cm³/mol. The van der Waals surface area contributed by atoms with Gasteiger partial charge in [-0.3, -0.25) is 10.7 Å². The Hall–Kier alpha value is -3.63. The van der Waals surface area contributed by atoms with Crippen molar-refractivity contribution in [2.45, 2.75) is 19.8 Å². The average Bonchev–Trinajstić information content (AvgIpc) is 3.26. The Kier molecular flexibility index (Phi) is 6.76. The largest absolute Gasteiger partial charge is 0.473 e. The second kappa shape index (κ2) is 9.88. The van der Waals surface area contributed by atoms with Crippen LogP contribution in [-0.2, 0) is 28.8 Å². The molecule has 0 saturated carbocycles. The van der Waals surface area contributed by atoms with E-state index in [1.807, 2.05) is 18.2 Å². The van der Waals surface area contributed by atoms with Gasteiger partial charge in [-0.15, -0.1) is 0 Å². The molecule has 0 bridgehead atoms. The van der Waals surface area contributed by atoms with Crippen molar-refractivity contribution in [3.05, 3.63) is 84.1 Å². The first-order chi connectivity index (χ1) is 15.9. The average molecular weight is 470 g/mol. The van der Waals surface area contributed by atoms with Gasteiger partial charge in [0.2, 0.25) is 12.6 Å². The van der Waals surface area contributed by atoms with E-state index in [2.05, 4.69) is 19.6 Å². The second-order valence-electron chi connectivity index (χ2n) is 7.03. The zero-order valence-electron chi connectivity index (χ0n) is 17.3. The summed E-state index contributed by atoms with van der Waals surface area (Å²) in [6.07, 6.45) is 7.14. The van der Waals surface area contributed by atoms with Gasteiger partial charge in [0, 0.05) is 37.1 Å². The Morgan fingerprint density at radius 3 is 2.67 bits per heavy atom. The minimum atomic E-state index is -4.63. The molecule has 0 atom stereocenters. The molecule has 0 saturated heterocycles. The summed E-state index contributed by atoms with van der Waals surface area (Å²) in [4.78, 5) is 26.1. The molecule has 0 spiro atoms. The van der Waals surface area contributed by atoms with Gasteiger partial charge in [0.05, 0.1) is 11.9 Å². The van der Waals surface area contributed by atoms with Crippen molar-refractivity contribution in [3.63, 3.8) is 0 Å². The molecule has 0 aromatic carbocycles. The van der Waals surface area contributed by atoms with E-state index in [0.717, 1.165) is 11.1 Å². The van der Waals surface area contributed by atoms with Gasteiger partial charge in [-0.1, -0.05) is 11.2 Å². The lowest BCUT2D eigenvalue weighted by Crippen LogP contribution is -2.38. The van der Waals surface area contributed by atoms with Crippen LogP contribution >= 0.6 is 7.82 Å². The first kappa shape index (κ1) is 22.6. The Morgan fingerprint density at radius 1 is 1.12 bits per heavy atom. The molecule has 0 fully saturated rings. The van der Waals surface area contributed by atoms with Crippen LogP contribution in [0.25, 0.3) is 11.3 Å². The van der Waals surface area contributed by atoms with E-state index < -0.39 is 14.6 Å². The number of phosphoric ester groups is 1. The summed E-state index contributed by atoms with van der Waals surface area (Å²) in [6, 6.07) is 12.6. The molecule has 0 radical (unpaired) electrons. The highest BCUT2D eigenvalue weighted by Gasteiger charge is 2.20. The quantitative estimate of drug-likeness (QED) is 0.245. The smallest absolute Gasteiger partial charge is 0.472 e. The van der Waals surface area contributed by atoms with Gasteiger partial charge in [0.25, 0.3) is 5.82 Å². The SMILES string of the molecule is Nc1c(-c2cc(Cc3ccc(OCc4ccncc4)nc3)no2)ccc[n+]1COP(=O)(O)O. The number of pyridine rings is 3.